The molecule has 1 spiro atoms. The molecule has 3 amide bonds. The van der Waals surface area contributed by atoms with E-state index in [1.54, 1.807) is 0 Å². The third-order valence-electron chi connectivity index (χ3n) is 4.34. The van der Waals surface area contributed by atoms with Crippen molar-refractivity contribution in [2.24, 2.45) is 5.41 Å². The summed E-state index contributed by atoms with van der Waals surface area (Å²) in [6.07, 6.45) is 4.84. The molecule has 1 atom stereocenters. The van der Waals surface area contributed by atoms with E-state index >= 15 is 0 Å². The number of nitrogens with one attached hydrogen (secondary N) is 3. The summed E-state index contributed by atoms with van der Waals surface area (Å²) in [6, 6.07) is -0.370. The molecule has 0 aromatic rings. The molecule has 0 radical (unpaired) electrons. The topological polar surface area (TPSA) is 73.5 Å². The average Bonchev–Trinajstić information content (AvgIpc) is 2.38. The van der Waals surface area contributed by atoms with E-state index in [2.05, 4.69) is 20.9 Å². The number of likely N-dealkylation sites (tertiary alicyclic amines) is 1. The normalized spacial score (nSPS) is 26.8. The van der Waals surface area contributed by atoms with Crippen molar-refractivity contribution in [1.29, 1.82) is 0 Å². The lowest BCUT2D eigenvalue weighted by Gasteiger charge is -2.45. The number of hydrogen-bond acceptors (Lipinski definition) is 4. The van der Waals surface area contributed by atoms with Crippen LogP contribution in [0.3, 0.4) is 0 Å². The SMILES string of the molecule is CC(C)NC(=O)NC(=O)CN1CCCC2(CCCNC2)C1. The van der Waals surface area contributed by atoms with Crippen molar-refractivity contribution in [3.8, 4) is 0 Å². The van der Waals surface area contributed by atoms with Gasteiger partial charge < -0.3 is 10.6 Å². The van der Waals surface area contributed by atoms with Crippen molar-refractivity contribution in [2.45, 2.75) is 45.6 Å². The summed E-state index contributed by atoms with van der Waals surface area (Å²) < 4.78 is 0. The summed E-state index contributed by atoms with van der Waals surface area (Å²) >= 11 is 0. The Morgan fingerprint density at radius 2 is 2.05 bits per heavy atom. The number of hydrogen-bond donors (Lipinski definition) is 3. The smallest absolute Gasteiger partial charge is 0.321 e. The predicted molar refractivity (Wildman–Crippen MR) is 82.0 cm³/mol. The predicted octanol–water partition coefficient (Wildman–Crippen LogP) is 0.686. The number of urea groups is 1. The standard InChI is InChI=1S/C15H28N4O2/c1-12(2)17-14(21)18-13(20)9-19-8-4-6-15(11-19)5-3-7-16-10-15/h12,16H,3-11H2,1-2H3,(H2,17,18,20,21). The largest absolute Gasteiger partial charge is 0.336 e. The molecule has 6 nitrogen and oxygen atoms in total. The Labute approximate surface area is 127 Å². The van der Waals surface area contributed by atoms with E-state index in [4.69, 9.17) is 0 Å². The lowest BCUT2D eigenvalue weighted by atomic mass is 9.74. The van der Waals surface area contributed by atoms with Gasteiger partial charge in [0.25, 0.3) is 0 Å². The molecule has 0 bridgehead atoms. The van der Waals surface area contributed by atoms with E-state index in [0.29, 0.717) is 12.0 Å². The number of rotatable bonds is 3. The molecule has 0 aliphatic carbocycles. The third-order valence-corrected chi connectivity index (χ3v) is 4.34. The summed E-state index contributed by atoms with van der Waals surface area (Å²) in [5.41, 5.74) is 0.330. The van der Waals surface area contributed by atoms with E-state index in [0.717, 1.165) is 32.6 Å². The minimum absolute atomic E-state index is 0.0318. The first-order valence-corrected chi connectivity index (χ1v) is 8.03. The number of carbonyl (C=O) groups excluding carboxylic acids is 2. The Balaban J connectivity index is 1.79. The Hall–Kier alpha value is -1.14. The Morgan fingerprint density at radius 3 is 2.71 bits per heavy atom. The molecule has 21 heavy (non-hydrogen) atoms. The number of amides is 3. The first-order chi connectivity index (χ1) is 9.99. The summed E-state index contributed by atoms with van der Waals surface area (Å²) in [5.74, 6) is -0.214. The van der Waals surface area contributed by atoms with Gasteiger partial charge in [-0.05, 0) is 58.0 Å². The molecule has 0 aromatic carbocycles. The molecule has 0 saturated carbocycles. The number of piperidine rings is 2. The second-order valence-electron chi connectivity index (χ2n) is 6.77. The molecule has 2 rings (SSSR count). The van der Waals surface area contributed by atoms with Crippen LogP contribution < -0.4 is 16.0 Å². The van der Waals surface area contributed by atoms with E-state index in [1.807, 2.05) is 13.8 Å². The minimum atomic E-state index is -0.402. The minimum Gasteiger partial charge on any atom is -0.336 e. The van der Waals surface area contributed by atoms with Gasteiger partial charge in [-0.2, -0.15) is 0 Å². The molecule has 120 valence electrons. The summed E-state index contributed by atoms with van der Waals surface area (Å²) in [5, 5.41) is 8.55. The van der Waals surface area contributed by atoms with Gasteiger partial charge in [0.2, 0.25) is 5.91 Å². The number of carbonyl (C=O) groups is 2. The maximum Gasteiger partial charge on any atom is 0.321 e. The number of imide groups is 1. The first kappa shape index (κ1) is 16.2. The zero-order chi connectivity index (χ0) is 15.3. The molecule has 2 aliphatic rings. The van der Waals surface area contributed by atoms with Crippen molar-refractivity contribution < 1.29 is 9.59 Å². The van der Waals surface area contributed by atoms with E-state index in [1.165, 1.54) is 19.3 Å². The zero-order valence-corrected chi connectivity index (χ0v) is 13.2. The number of nitrogens with zero attached hydrogens (tertiary/aromatic N) is 1. The molecular formula is C15H28N4O2. The van der Waals surface area contributed by atoms with Gasteiger partial charge >= 0.3 is 6.03 Å². The summed E-state index contributed by atoms with van der Waals surface area (Å²) in [6.45, 7) is 8.12. The molecule has 6 heteroatoms. The van der Waals surface area contributed by atoms with Gasteiger partial charge in [0, 0.05) is 19.1 Å². The van der Waals surface area contributed by atoms with E-state index in [9.17, 15) is 9.59 Å². The Bertz CT molecular complexity index is 372. The van der Waals surface area contributed by atoms with Crippen LogP contribution in [0.2, 0.25) is 0 Å². The first-order valence-electron chi connectivity index (χ1n) is 8.03. The maximum absolute atomic E-state index is 11.9. The highest BCUT2D eigenvalue weighted by atomic mass is 16.2. The molecule has 0 aromatic heterocycles. The second-order valence-corrected chi connectivity index (χ2v) is 6.77. The van der Waals surface area contributed by atoms with Gasteiger partial charge in [-0.25, -0.2) is 4.79 Å². The monoisotopic (exact) mass is 296 g/mol. The highest BCUT2D eigenvalue weighted by molar-refractivity contribution is 5.95. The lowest BCUT2D eigenvalue weighted by molar-refractivity contribution is -0.122. The third kappa shape index (κ3) is 4.97. The van der Waals surface area contributed by atoms with Gasteiger partial charge in [-0.15, -0.1) is 0 Å². The van der Waals surface area contributed by atoms with Crippen molar-refractivity contribution in [3.63, 3.8) is 0 Å². The van der Waals surface area contributed by atoms with Gasteiger partial charge in [0.15, 0.2) is 0 Å². The summed E-state index contributed by atoms with van der Waals surface area (Å²) in [4.78, 5) is 25.7. The quantitative estimate of drug-likeness (QED) is 0.716. The van der Waals surface area contributed by atoms with E-state index < -0.39 is 6.03 Å². The Kier molecular flexibility index (Phi) is 5.58. The fourth-order valence-corrected chi connectivity index (χ4v) is 3.49. The van der Waals surface area contributed by atoms with Crippen LogP contribution in [0.5, 0.6) is 0 Å². The second kappa shape index (κ2) is 7.22. The maximum atomic E-state index is 11.9. The highest BCUT2D eigenvalue weighted by Gasteiger charge is 2.36. The molecule has 3 N–H and O–H groups in total. The van der Waals surface area contributed by atoms with Crippen molar-refractivity contribution >= 4 is 11.9 Å². The van der Waals surface area contributed by atoms with Crippen LogP contribution in [-0.2, 0) is 4.79 Å². The van der Waals surface area contributed by atoms with Crippen molar-refractivity contribution in [3.05, 3.63) is 0 Å². The van der Waals surface area contributed by atoms with Crippen molar-refractivity contribution in [1.82, 2.24) is 20.9 Å². The fraction of sp³-hybridized carbons (Fsp3) is 0.867. The molecule has 2 aliphatic heterocycles. The van der Waals surface area contributed by atoms with Gasteiger partial charge in [-0.1, -0.05) is 0 Å². The van der Waals surface area contributed by atoms with Crippen LogP contribution in [0.15, 0.2) is 0 Å². The van der Waals surface area contributed by atoms with Crippen molar-refractivity contribution in [2.75, 3.05) is 32.7 Å². The highest BCUT2D eigenvalue weighted by Crippen LogP contribution is 2.35. The van der Waals surface area contributed by atoms with E-state index in [-0.39, 0.29) is 11.9 Å². The van der Waals surface area contributed by atoms with Crippen LogP contribution >= 0.6 is 0 Å². The van der Waals surface area contributed by atoms with Crippen LogP contribution in [0.1, 0.15) is 39.5 Å². The molecular weight excluding hydrogens is 268 g/mol. The molecule has 1 unspecified atom stereocenters. The zero-order valence-electron chi connectivity index (χ0n) is 13.2. The molecule has 2 saturated heterocycles. The van der Waals surface area contributed by atoms with Gasteiger partial charge in [0.1, 0.15) is 0 Å². The van der Waals surface area contributed by atoms with Gasteiger partial charge in [0.05, 0.1) is 6.54 Å². The molecule has 2 heterocycles. The average molecular weight is 296 g/mol. The fourth-order valence-electron chi connectivity index (χ4n) is 3.49. The summed E-state index contributed by atoms with van der Waals surface area (Å²) in [7, 11) is 0. The van der Waals surface area contributed by atoms with Crippen LogP contribution in [0, 0.1) is 5.41 Å². The van der Waals surface area contributed by atoms with Crippen LogP contribution in [0.25, 0.3) is 0 Å². The van der Waals surface area contributed by atoms with Crippen LogP contribution in [0.4, 0.5) is 4.79 Å². The van der Waals surface area contributed by atoms with Gasteiger partial charge in [-0.3, -0.25) is 15.0 Å². The Morgan fingerprint density at radius 1 is 1.29 bits per heavy atom. The lowest BCUT2D eigenvalue weighted by Crippen LogP contribution is -2.53. The van der Waals surface area contributed by atoms with Crippen LogP contribution in [-0.4, -0.2) is 55.6 Å². The molecule has 2 fully saturated rings.